The predicted octanol–water partition coefficient (Wildman–Crippen LogP) is 3.23. The van der Waals surface area contributed by atoms with E-state index in [0.29, 0.717) is 48.0 Å². The Morgan fingerprint density at radius 3 is 2.51 bits per heavy atom. The number of halogens is 2. The minimum absolute atomic E-state index is 0.0627. The first-order valence-corrected chi connectivity index (χ1v) is 12.3. The van der Waals surface area contributed by atoms with E-state index >= 15 is 0 Å². The monoisotopic (exact) mass is 546 g/mol. The van der Waals surface area contributed by atoms with Crippen molar-refractivity contribution < 1.29 is 19.2 Å². The number of benzene rings is 2. The van der Waals surface area contributed by atoms with Gasteiger partial charge in [-0.25, -0.2) is 4.99 Å². The molecule has 0 aromatic heterocycles. The van der Waals surface area contributed by atoms with Gasteiger partial charge in [-0.15, -0.1) is 0 Å². The highest BCUT2D eigenvalue weighted by atomic mass is 35.5. The number of anilines is 1. The molecule has 0 saturated heterocycles. The van der Waals surface area contributed by atoms with Gasteiger partial charge < -0.3 is 25.9 Å². The smallest absolute Gasteiger partial charge is 0.238 e. The third kappa shape index (κ3) is 9.09. The van der Waals surface area contributed by atoms with E-state index in [0.717, 1.165) is 0 Å². The van der Waals surface area contributed by atoms with Crippen LogP contribution in [-0.2, 0) is 21.0 Å². The lowest BCUT2D eigenvalue weighted by molar-refractivity contribution is -0.118. The lowest BCUT2D eigenvalue weighted by atomic mass is 10.1. The van der Waals surface area contributed by atoms with E-state index < -0.39 is 5.91 Å². The molecule has 0 unspecified atom stereocenters. The van der Waals surface area contributed by atoms with Crippen LogP contribution in [-0.4, -0.2) is 49.8 Å². The topological polar surface area (TPSA) is 139 Å². The van der Waals surface area contributed by atoms with Crippen molar-refractivity contribution in [3.63, 3.8) is 0 Å². The van der Waals surface area contributed by atoms with Crippen LogP contribution in [0.25, 0.3) is 0 Å². The van der Waals surface area contributed by atoms with Crippen LogP contribution in [0.1, 0.15) is 24.5 Å². The van der Waals surface area contributed by atoms with Crippen LogP contribution in [0.2, 0.25) is 10.0 Å². The number of nitrogens with one attached hydrogen (secondary N) is 3. The average molecular weight is 547 g/mol. The molecule has 0 atom stereocenters. The fourth-order valence-corrected chi connectivity index (χ4v) is 3.84. The molecule has 196 valence electrons. The summed E-state index contributed by atoms with van der Waals surface area (Å²) in [5, 5.41) is 12.8. The molecule has 2 aromatic rings. The van der Waals surface area contributed by atoms with Crippen molar-refractivity contribution in [2.75, 3.05) is 31.6 Å². The first-order chi connectivity index (χ1) is 17.9. The second kappa shape index (κ2) is 14.2. The van der Waals surface area contributed by atoms with Crippen molar-refractivity contribution in [3.05, 3.63) is 69.7 Å². The van der Waals surface area contributed by atoms with Crippen LogP contribution in [0.3, 0.4) is 0 Å². The van der Waals surface area contributed by atoms with E-state index in [1.165, 1.54) is 0 Å². The Labute approximate surface area is 224 Å². The van der Waals surface area contributed by atoms with Gasteiger partial charge in [0.15, 0.2) is 5.96 Å². The van der Waals surface area contributed by atoms with E-state index in [4.69, 9.17) is 38.5 Å². The van der Waals surface area contributed by atoms with E-state index in [-0.39, 0.29) is 41.4 Å². The number of hydrogen-bond donors (Lipinski definition) is 4. The number of rotatable bonds is 2. The van der Waals surface area contributed by atoms with E-state index in [2.05, 4.69) is 26.1 Å². The fraction of sp³-hybridized carbons (Fsp3) is 0.280. The summed E-state index contributed by atoms with van der Waals surface area (Å²) in [5.74, 6) is -0.149. The van der Waals surface area contributed by atoms with E-state index in [1.54, 1.807) is 43.3 Å². The largest absolute Gasteiger partial charge is 0.490 e. The molecule has 6 rings (SSSR count). The molecule has 37 heavy (non-hydrogen) atoms. The maximum atomic E-state index is 12.6. The zero-order valence-corrected chi connectivity index (χ0v) is 21.7. The third-order valence-corrected chi connectivity index (χ3v) is 5.54. The molecule has 4 aliphatic heterocycles. The van der Waals surface area contributed by atoms with Crippen LogP contribution in [0, 0.1) is 0 Å². The molecule has 4 heterocycles. The van der Waals surface area contributed by atoms with Crippen molar-refractivity contribution in [1.29, 1.82) is 0 Å². The Morgan fingerprint density at radius 2 is 1.81 bits per heavy atom. The van der Waals surface area contributed by atoms with Gasteiger partial charge in [0.1, 0.15) is 19.0 Å². The van der Waals surface area contributed by atoms with Crippen molar-refractivity contribution in [1.82, 2.24) is 10.6 Å². The highest BCUT2D eigenvalue weighted by Crippen LogP contribution is 2.32. The highest BCUT2D eigenvalue weighted by Gasteiger charge is 2.14. The van der Waals surface area contributed by atoms with Gasteiger partial charge in [-0.05, 0) is 48.9 Å². The lowest BCUT2D eigenvalue weighted by Crippen LogP contribution is -2.37. The Bertz CT molecular complexity index is 1180. The number of oxime groups is 1. The molecule has 0 fully saturated rings. The molecule has 0 saturated carbocycles. The number of ether oxygens (including phenoxy) is 1. The van der Waals surface area contributed by atoms with Crippen LogP contribution >= 0.6 is 23.2 Å². The summed E-state index contributed by atoms with van der Waals surface area (Å²) in [6, 6.07) is 10.4. The number of guanidine groups is 1. The minimum Gasteiger partial charge on any atom is -0.490 e. The van der Waals surface area contributed by atoms with Crippen LogP contribution in [0.15, 0.2) is 58.7 Å². The van der Waals surface area contributed by atoms with Crippen molar-refractivity contribution in [2.24, 2.45) is 15.9 Å². The molecule has 0 radical (unpaired) electrons. The summed E-state index contributed by atoms with van der Waals surface area (Å²) in [4.78, 5) is 34.3. The first-order valence-electron chi connectivity index (χ1n) is 11.5. The molecule has 0 spiro atoms. The number of carbonyl (C=O) groups is 2. The Hall–Kier alpha value is -3.60. The molecule has 2 amide bonds. The maximum Gasteiger partial charge on any atom is 0.238 e. The van der Waals surface area contributed by atoms with Gasteiger partial charge in [0.2, 0.25) is 11.8 Å². The molecule has 12 heteroatoms. The van der Waals surface area contributed by atoms with Gasteiger partial charge in [-0.1, -0.05) is 40.5 Å². The van der Waals surface area contributed by atoms with Gasteiger partial charge in [-0.2, -0.15) is 0 Å². The molecular formula is C25H28Cl2N6O4. The summed E-state index contributed by atoms with van der Waals surface area (Å²) in [5.41, 5.74) is 7.98. The van der Waals surface area contributed by atoms with Gasteiger partial charge in [-0.3, -0.25) is 14.9 Å². The number of carbonyl (C=O) groups excluding carboxylic acids is 2. The molecule has 5 N–H and O–H groups in total. The second-order valence-corrected chi connectivity index (χ2v) is 8.62. The number of aliphatic imine (C=N–C) groups is 1. The summed E-state index contributed by atoms with van der Waals surface area (Å²) < 4.78 is 5.70. The molecule has 0 aliphatic carbocycles. The van der Waals surface area contributed by atoms with Crippen molar-refractivity contribution in [2.45, 2.75) is 19.9 Å². The summed E-state index contributed by atoms with van der Waals surface area (Å²) in [6.45, 7) is 3.13. The fourth-order valence-electron chi connectivity index (χ4n) is 3.21. The normalized spacial score (nSPS) is 16.9. The molecule has 10 nitrogen and oxygen atoms in total. The zero-order valence-electron chi connectivity index (χ0n) is 20.2. The third-order valence-electron chi connectivity index (χ3n) is 4.95. The van der Waals surface area contributed by atoms with Gasteiger partial charge in [0.25, 0.3) is 0 Å². The molecule has 2 aromatic carbocycles. The molecule has 4 bridgehead atoms. The quantitative estimate of drug-likeness (QED) is 0.336. The van der Waals surface area contributed by atoms with Crippen LogP contribution in [0.5, 0.6) is 5.75 Å². The summed E-state index contributed by atoms with van der Waals surface area (Å²) in [7, 11) is 0. The number of nitrogens with two attached hydrogens (primary N) is 1. The van der Waals surface area contributed by atoms with Crippen molar-refractivity contribution >= 4 is 52.4 Å². The van der Waals surface area contributed by atoms with Crippen molar-refractivity contribution in [3.8, 4) is 5.75 Å². The lowest BCUT2D eigenvalue weighted by Gasteiger charge is -2.12. The first kappa shape index (κ1) is 28.0. The SMILES string of the molecule is CCON=C1CC(=O)NC(N)=NCc2cc(Cl)c(c(Cl)c2)NC(=O)CNCC=CCOc2ccc1cc2. The average Bonchev–Trinajstić information content (AvgIpc) is 2.86. The number of nitrogens with zero attached hydrogens (tertiary/aromatic N) is 2. The maximum absolute atomic E-state index is 12.6. The van der Waals surface area contributed by atoms with Crippen LogP contribution < -0.4 is 26.4 Å². The number of amides is 2. The summed E-state index contributed by atoms with van der Waals surface area (Å²) >= 11 is 12.7. The molecule has 4 aliphatic rings. The van der Waals surface area contributed by atoms with E-state index in [1.807, 2.05) is 12.2 Å². The van der Waals surface area contributed by atoms with Gasteiger partial charge >= 0.3 is 0 Å². The predicted molar refractivity (Wildman–Crippen MR) is 145 cm³/mol. The second-order valence-electron chi connectivity index (χ2n) is 7.80. The highest BCUT2D eigenvalue weighted by molar-refractivity contribution is 6.39. The molecular weight excluding hydrogens is 519 g/mol. The minimum atomic E-state index is -0.414. The summed E-state index contributed by atoms with van der Waals surface area (Å²) in [6.07, 6.45) is 3.60. The Kier molecular flexibility index (Phi) is 10.8. The van der Waals surface area contributed by atoms with Gasteiger partial charge in [0.05, 0.1) is 41.0 Å². The van der Waals surface area contributed by atoms with Gasteiger partial charge in [0, 0.05) is 12.1 Å². The van der Waals surface area contributed by atoms with Crippen LogP contribution in [0.4, 0.5) is 5.69 Å². The Balaban J connectivity index is 1.82. The zero-order chi connectivity index (χ0) is 26.6. The standard InChI is InChI=1S/C25H28Cl2N6O4/c1-2-37-33-21-13-22(34)32-25(28)30-14-16-11-19(26)24(20(27)12-16)31-23(35)15-29-9-3-4-10-36-18-7-5-17(21)6-8-18/h3-8,11-12,29H,2,9-10,13-15H2,1H3,(H,31,35)(H3,28,30,32,34). The van der Waals surface area contributed by atoms with E-state index in [9.17, 15) is 9.59 Å². The number of hydrogen-bond acceptors (Lipinski definition) is 8. The Morgan fingerprint density at radius 1 is 1.08 bits per heavy atom.